The lowest BCUT2D eigenvalue weighted by atomic mass is 9.93. The number of alkyl halides is 3. The van der Waals surface area contributed by atoms with Gasteiger partial charge >= 0.3 is 6.18 Å². The summed E-state index contributed by atoms with van der Waals surface area (Å²) in [4.78, 5) is 32.7. The van der Waals surface area contributed by atoms with Crippen molar-refractivity contribution in [1.29, 1.82) is 0 Å². The van der Waals surface area contributed by atoms with E-state index in [0.29, 0.717) is 41.8 Å². The van der Waals surface area contributed by atoms with Crippen molar-refractivity contribution in [2.75, 3.05) is 46.8 Å². The number of nitrogens with zero attached hydrogens (tertiary/aromatic N) is 4. The number of likely N-dealkylation sites (N-methyl/N-ethyl adjacent to an activating group) is 1. The van der Waals surface area contributed by atoms with Crippen molar-refractivity contribution >= 4 is 35.0 Å². The van der Waals surface area contributed by atoms with Gasteiger partial charge in [0, 0.05) is 64.7 Å². The molecule has 2 aromatic carbocycles. The largest absolute Gasteiger partial charge is 0.419 e. The zero-order chi connectivity index (χ0) is 30.1. The van der Waals surface area contributed by atoms with Crippen molar-refractivity contribution in [3.8, 4) is 0 Å². The Kier molecular flexibility index (Phi) is 9.89. The van der Waals surface area contributed by atoms with Crippen LogP contribution in [0.25, 0.3) is 0 Å². The van der Waals surface area contributed by atoms with Gasteiger partial charge in [-0.3, -0.25) is 19.4 Å². The van der Waals surface area contributed by atoms with Gasteiger partial charge in [0.15, 0.2) is 0 Å². The average molecular weight is 618 g/mol. The molecule has 2 aliphatic heterocycles. The summed E-state index contributed by atoms with van der Waals surface area (Å²) in [5, 5.41) is 0.795. The van der Waals surface area contributed by atoms with Gasteiger partial charge in [0.25, 0.3) is 0 Å². The molecule has 2 atom stereocenters. The van der Waals surface area contributed by atoms with Crippen LogP contribution < -0.4 is 0 Å². The molecule has 12 heteroatoms. The summed E-state index contributed by atoms with van der Waals surface area (Å²) in [5.74, 6) is -1.46. The monoisotopic (exact) mass is 616 g/mol. The molecule has 1 unspecified atom stereocenters. The second-order valence-corrected chi connectivity index (χ2v) is 11.8. The third-order valence-electron chi connectivity index (χ3n) is 8.31. The summed E-state index contributed by atoms with van der Waals surface area (Å²) in [6.07, 6.45) is -3.17. The first kappa shape index (κ1) is 31.5. The summed E-state index contributed by atoms with van der Waals surface area (Å²) < 4.78 is 53.4. The van der Waals surface area contributed by atoms with Crippen LogP contribution in [0.2, 0.25) is 10.0 Å². The van der Waals surface area contributed by atoms with Crippen LogP contribution in [-0.4, -0.2) is 90.3 Å². The van der Waals surface area contributed by atoms with Gasteiger partial charge in [-0.1, -0.05) is 35.3 Å². The van der Waals surface area contributed by atoms with Gasteiger partial charge in [0.1, 0.15) is 5.82 Å². The number of carbonyl (C=O) groups is 2. The van der Waals surface area contributed by atoms with Crippen molar-refractivity contribution in [2.24, 2.45) is 0 Å². The standard InChI is InChI=1S/C29H34Cl2F4N4O2/c1-18(40)37(3)21-8-10-38(11-9-21)17-28(41)39-15-22(20-5-7-24(30)25(31)13-20)27(16-39)36(2)14-19-4-6-23(26(32)12-19)29(33,34)35/h4-7,12-13,21-22,27H,8-11,14-17H2,1-3H3/t22-,27?/m1/s1. The highest BCUT2D eigenvalue weighted by Gasteiger charge is 2.39. The fourth-order valence-electron chi connectivity index (χ4n) is 5.81. The van der Waals surface area contributed by atoms with E-state index < -0.39 is 17.6 Å². The van der Waals surface area contributed by atoms with Gasteiger partial charge in [-0.15, -0.1) is 0 Å². The third kappa shape index (κ3) is 7.52. The Balaban J connectivity index is 1.47. The SMILES string of the molecule is CC(=O)N(C)C1CCN(CC(=O)N2CC(N(C)Cc3ccc(C(F)(F)F)c(F)c3)[C@@H](c3ccc(Cl)c(Cl)c3)C2)CC1. The molecule has 2 saturated heterocycles. The van der Waals surface area contributed by atoms with Crippen LogP contribution in [-0.2, 0) is 22.3 Å². The average Bonchev–Trinajstić information content (AvgIpc) is 3.35. The molecule has 2 heterocycles. The zero-order valence-electron chi connectivity index (χ0n) is 23.2. The molecule has 0 aliphatic carbocycles. The van der Waals surface area contributed by atoms with Crippen molar-refractivity contribution in [1.82, 2.24) is 19.6 Å². The Labute approximate surface area is 247 Å². The lowest BCUT2D eigenvalue weighted by Crippen LogP contribution is -2.48. The Morgan fingerprint density at radius 2 is 1.68 bits per heavy atom. The maximum absolute atomic E-state index is 14.3. The molecule has 0 spiro atoms. The van der Waals surface area contributed by atoms with Gasteiger partial charge in [-0.05, 0) is 55.3 Å². The highest BCUT2D eigenvalue weighted by Crippen LogP contribution is 2.36. The summed E-state index contributed by atoms with van der Waals surface area (Å²) >= 11 is 12.4. The molecule has 4 rings (SSSR count). The Bertz CT molecular complexity index is 1270. The minimum Gasteiger partial charge on any atom is -0.343 e. The van der Waals surface area contributed by atoms with Gasteiger partial charge in [-0.2, -0.15) is 13.2 Å². The summed E-state index contributed by atoms with van der Waals surface area (Å²) in [6.45, 7) is 4.24. The minimum atomic E-state index is -4.77. The fraction of sp³-hybridized carbons (Fsp3) is 0.517. The first-order valence-corrected chi connectivity index (χ1v) is 14.2. The molecule has 2 aliphatic rings. The van der Waals surface area contributed by atoms with Gasteiger partial charge in [0.2, 0.25) is 11.8 Å². The van der Waals surface area contributed by atoms with E-state index in [2.05, 4.69) is 4.90 Å². The van der Waals surface area contributed by atoms with E-state index in [4.69, 9.17) is 23.2 Å². The Morgan fingerprint density at radius 3 is 2.27 bits per heavy atom. The van der Waals surface area contributed by atoms with Crippen LogP contribution in [0.3, 0.4) is 0 Å². The van der Waals surface area contributed by atoms with Crippen LogP contribution in [0.5, 0.6) is 0 Å². The van der Waals surface area contributed by atoms with Crippen LogP contribution in [0.15, 0.2) is 36.4 Å². The maximum Gasteiger partial charge on any atom is 0.419 e. The van der Waals surface area contributed by atoms with E-state index in [9.17, 15) is 27.2 Å². The van der Waals surface area contributed by atoms with Gasteiger partial charge in [0.05, 0.1) is 22.2 Å². The maximum atomic E-state index is 14.3. The molecule has 41 heavy (non-hydrogen) atoms. The molecule has 0 bridgehead atoms. The quantitative estimate of drug-likeness (QED) is 0.384. The molecular formula is C29H34Cl2F4N4O2. The second kappa shape index (κ2) is 12.9. The van der Waals surface area contributed by atoms with E-state index >= 15 is 0 Å². The predicted octanol–water partition coefficient (Wildman–Crippen LogP) is 5.52. The third-order valence-corrected chi connectivity index (χ3v) is 9.05. The van der Waals surface area contributed by atoms with E-state index in [1.165, 1.54) is 6.07 Å². The fourth-order valence-corrected chi connectivity index (χ4v) is 6.12. The number of halogens is 6. The van der Waals surface area contributed by atoms with Crippen molar-refractivity contribution in [3.05, 3.63) is 69.0 Å². The van der Waals surface area contributed by atoms with Gasteiger partial charge < -0.3 is 9.80 Å². The Hall–Kier alpha value is -2.40. The van der Waals surface area contributed by atoms with Gasteiger partial charge in [-0.25, -0.2) is 4.39 Å². The minimum absolute atomic E-state index is 0.0232. The molecule has 0 saturated carbocycles. The highest BCUT2D eigenvalue weighted by atomic mass is 35.5. The smallest absolute Gasteiger partial charge is 0.343 e. The Morgan fingerprint density at radius 1 is 1.00 bits per heavy atom. The second-order valence-electron chi connectivity index (χ2n) is 11.0. The number of rotatable bonds is 7. The summed E-state index contributed by atoms with van der Waals surface area (Å²) in [7, 11) is 3.62. The molecule has 0 aromatic heterocycles. The van der Waals surface area contributed by atoms with Crippen molar-refractivity contribution < 1.29 is 27.2 Å². The number of likely N-dealkylation sites (tertiary alicyclic amines) is 2. The number of carbonyl (C=O) groups excluding carboxylic acids is 2. The predicted molar refractivity (Wildman–Crippen MR) is 150 cm³/mol. The summed E-state index contributed by atoms with van der Waals surface area (Å²) in [6, 6.07) is 8.26. The first-order chi connectivity index (χ1) is 19.2. The van der Waals surface area contributed by atoms with E-state index in [1.807, 2.05) is 18.0 Å². The molecule has 0 radical (unpaired) electrons. The number of piperidine rings is 1. The molecule has 2 aromatic rings. The van der Waals surface area contributed by atoms with E-state index in [-0.39, 0.29) is 42.9 Å². The van der Waals surface area contributed by atoms with E-state index in [0.717, 1.165) is 30.5 Å². The molecule has 224 valence electrons. The van der Waals surface area contributed by atoms with E-state index in [1.54, 1.807) is 35.9 Å². The zero-order valence-corrected chi connectivity index (χ0v) is 24.7. The van der Waals surface area contributed by atoms with Crippen molar-refractivity contribution in [2.45, 2.75) is 50.5 Å². The number of hydrogen-bond acceptors (Lipinski definition) is 4. The van der Waals surface area contributed by atoms with Crippen molar-refractivity contribution in [3.63, 3.8) is 0 Å². The van der Waals surface area contributed by atoms with Crippen LogP contribution in [0, 0.1) is 5.82 Å². The van der Waals surface area contributed by atoms with Crippen LogP contribution in [0.1, 0.15) is 42.4 Å². The lowest BCUT2D eigenvalue weighted by molar-refractivity contribution is -0.140. The summed E-state index contributed by atoms with van der Waals surface area (Å²) in [5.41, 5.74) is -0.0144. The number of hydrogen-bond donors (Lipinski definition) is 0. The molecule has 2 amide bonds. The molecular weight excluding hydrogens is 583 g/mol. The number of benzene rings is 2. The first-order valence-electron chi connectivity index (χ1n) is 13.5. The molecule has 2 fully saturated rings. The van der Waals surface area contributed by atoms with Crippen LogP contribution >= 0.6 is 23.2 Å². The van der Waals surface area contributed by atoms with Crippen LogP contribution in [0.4, 0.5) is 17.6 Å². The lowest BCUT2D eigenvalue weighted by Gasteiger charge is -2.36. The number of amides is 2. The topological polar surface area (TPSA) is 47.1 Å². The molecule has 0 N–H and O–H groups in total. The highest BCUT2D eigenvalue weighted by molar-refractivity contribution is 6.42. The molecule has 6 nitrogen and oxygen atoms in total. The normalized spacial score (nSPS) is 20.6.